The van der Waals surface area contributed by atoms with E-state index in [0.29, 0.717) is 36.2 Å². The number of benzene rings is 1. The molecule has 0 spiro atoms. The third-order valence-corrected chi connectivity index (χ3v) is 10.0. The van der Waals surface area contributed by atoms with E-state index in [1.165, 1.54) is 10.9 Å². The molecule has 2 atom stereocenters. The number of pyridine rings is 1. The Balaban J connectivity index is 1.20. The van der Waals surface area contributed by atoms with Crippen LogP contribution in [0, 0.1) is 12.7 Å². The van der Waals surface area contributed by atoms with E-state index in [1.54, 1.807) is 53.9 Å². The van der Waals surface area contributed by atoms with Gasteiger partial charge in [-0.1, -0.05) is 6.92 Å². The third kappa shape index (κ3) is 5.75. The highest BCUT2D eigenvalue weighted by molar-refractivity contribution is 5.95. The molecular formula is C35H31F4N11O4. The number of hydrogen-bond donors (Lipinski definition) is 2. The number of nitrogens with one attached hydrogen (secondary N) is 1. The van der Waals surface area contributed by atoms with E-state index in [9.17, 15) is 37.1 Å². The summed E-state index contributed by atoms with van der Waals surface area (Å²) in [5.74, 6) is -2.63. The number of aryl methyl sites for hydroxylation is 1. The number of hydrogen-bond acceptors (Lipinski definition) is 10. The normalized spacial score (nSPS) is 17.1. The van der Waals surface area contributed by atoms with E-state index >= 15 is 0 Å². The maximum absolute atomic E-state index is 14.8. The van der Waals surface area contributed by atoms with Gasteiger partial charge in [-0.3, -0.25) is 14.4 Å². The molecule has 2 fully saturated rings. The average molecular weight is 746 g/mol. The van der Waals surface area contributed by atoms with Crippen molar-refractivity contribution in [2.75, 3.05) is 23.3 Å². The van der Waals surface area contributed by atoms with Crippen LogP contribution >= 0.6 is 0 Å². The lowest BCUT2D eigenvalue weighted by atomic mass is 9.81. The summed E-state index contributed by atoms with van der Waals surface area (Å²) in [5.41, 5.74) is -0.0672. The molecule has 8 rings (SSSR count). The SMILES string of the molecule is CCc1c(N2CCN(C(=O)c3ncnc(C)c3O)[C@@H]3CC[C@H]32)c(=O)n2nc(-c3ccn4nccc4c3)nc2n1CC(=O)Nc1ccc(C(F)(F)F)cc1F. The molecule has 54 heavy (non-hydrogen) atoms. The second-order valence-corrected chi connectivity index (χ2v) is 13.1. The number of anilines is 2. The number of carbonyl (C=O) groups is 2. The number of nitrogens with zero attached hydrogens (tertiary/aromatic N) is 10. The smallest absolute Gasteiger partial charge is 0.416 e. The molecular weight excluding hydrogens is 714 g/mol. The molecule has 2 aliphatic rings. The van der Waals surface area contributed by atoms with Crippen LogP contribution in [0.25, 0.3) is 22.7 Å². The number of aromatic nitrogens is 8. The van der Waals surface area contributed by atoms with Crippen LogP contribution in [0.4, 0.5) is 28.9 Å². The molecule has 6 heterocycles. The Labute approximate surface area is 302 Å². The minimum Gasteiger partial charge on any atom is -0.504 e. The molecule has 5 aromatic heterocycles. The Hall–Kier alpha value is -6.40. The van der Waals surface area contributed by atoms with Gasteiger partial charge in [0.1, 0.15) is 24.4 Å². The highest BCUT2D eigenvalue weighted by atomic mass is 19.4. The summed E-state index contributed by atoms with van der Waals surface area (Å²) in [7, 11) is 0. The number of halogens is 4. The van der Waals surface area contributed by atoms with Crippen molar-refractivity contribution < 1.29 is 32.3 Å². The van der Waals surface area contributed by atoms with E-state index in [2.05, 4.69) is 30.5 Å². The number of fused-ring (bicyclic) bond motifs is 3. The minimum absolute atomic E-state index is 0.0144. The van der Waals surface area contributed by atoms with Gasteiger partial charge >= 0.3 is 6.18 Å². The van der Waals surface area contributed by atoms with Crippen LogP contribution in [-0.4, -0.2) is 85.7 Å². The summed E-state index contributed by atoms with van der Waals surface area (Å²) >= 11 is 0. The Morgan fingerprint density at radius 2 is 1.85 bits per heavy atom. The van der Waals surface area contributed by atoms with Gasteiger partial charge in [0.15, 0.2) is 17.3 Å². The molecule has 1 saturated heterocycles. The molecule has 0 radical (unpaired) electrons. The van der Waals surface area contributed by atoms with Gasteiger partial charge in [-0.25, -0.2) is 18.9 Å². The maximum Gasteiger partial charge on any atom is 0.416 e. The van der Waals surface area contributed by atoms with Gasteiger partial charge in [0.2, 0.25) is 11.7 Å². The highest BCUT2D eigenvalue weighted by Gasteiger charge is 2.47. The van der Waals surface area contributed by atoms with E-state index in [4.69, 9.17) is 0 Å². The van der Waals surface area contributed by atoms with Gasteiger partial charge in [-0.05, 0) is 62.6 Å². The van der Waals surface area contributed by atoms with Crippen molar-refractivity contribution in [3.63, 3.8) is 0 Å². The fourth-order valence-electron chi connectivity index (χ4n) is 7.24. The molecule has 1 saturated carbocycles. The summed E-state index contributed by atoms with van der Waals surface area (Å²) in [4.78, 5) is 57.9. The summed E-state index contributed by atoms with van der Waals surface area (Å²) in [6.07, 6.45) is 1.25. The molecule has 6 aromatic rings. The van der Waals surface area contributed by atoms with Crippen LogP contribution in [0.1, 0.15) is 47.2 Å². The lowest BCUT2D eigenvalue weighted by Gasteiger charge is -2.54. The van der Waals surface area contributed by atoms with Crippen molar-refractivity contribution >= 4 is 34.5 Å². The zero-order valence-electron chi connectivity index (χ0n) is 28.7. The van der Waals surface area contributed by atoms with Crippen LogP contribution in [0.3, 0.4) is 0 Å². The molecule has 2 amide bonds. The molecule has 1 aliphatic heterocycles. The van der Waals surface area contributed by atoms with E-state index in [-0.39, 0.29) is 66.0 Å². The summed E-state index contributed by atoms with van der Waals surface area (Å²) in [5, 5.41) is 21.7. The first kappa shape index (κ1) is 34.7. The number of carbonyl (C=O) groups excluding carboxylic acids is 2. The van der Waals surface area contributed by atoms with Crippen LogP contribution in [0.15, 0.2) is 59.9 Å². The van der Waals surface area contributed by atoms with Gasteiger partial charge in [0.05, 0.1) is 34.2 Å². The van der Waals surface area contributed by atoms with Gasteiger partial charge in [0, 0.05) is 37.1 Å². The Kier molecular flexibility index (Phi) is 8.30. The zero-order valence-corrected chi connectivity index (χ0v) is 28.7. The fraction of sp³-hybridized carbons (Fsp3) is 0.314. The van der Waals surface area contributed by atoms with E-state index < -0.39 is 47.2 Å². The molecule has 0 bridgehead atoms. The summed E-state index contributed by atoms with van der Waals surface area (Å²) in [6, 6.07) is 6.46. The van der Waals surface area contributed by atoms with Gasteiger partial charge in [-0.15, -0.1) is 5.10 Å². The van der Waals surface area contributed by atoms with Crippen molar-refractivity contribution in [3.8, 4) is 17.1 Å². The largest absolute Gasteiger partial charge is 0.504 e. The predicted molar refractivity (Wildman–Crippen MR) is 184 cm³/mol. The zero-order chi connectivity index (χ0) is 38.1. The number of alkyl halides is 3. The Bertz CT molecular complexity index is 2550. The first-order valence-electron chi connectivity index (χ1n) is 17.0. The summed E-state index contributed by atoms with van der Waals surface area (Å²) < 4.78 is 58.6. The van der Waals surface area contributed by atoms with E-state index in [0.717, 1.165) is 16.1 Å². The van der Waals surface area contributed by atoms with Crippen molar-refractivity contribution in [2.24, 2.45) is 0 Å². The lowest BCUT2D eigenvalue weighted by Crippen LogP contribution is -2.67. The highest BCUT2D eigenvalue weighted by Crippen LogP contribution is 2.38. The lowest BCUT2D eigenvalue weighted by molar-refractivity contribution is -0.137. The van der Waals surface area contributed by atoms with Crippen molar-refractivity contribution in [1.29, 1.82) is 0 Å². The standard InChI is InChI=1S/C35H31F4N11O4/c1-3-24-29(46-12-13-47(26-7-6-25(26)46)32(53)28-30(52)18(2)40-17-41-28)33(54)50-34(44-31(45-50)19-9-11-49-21(14-19)8-10-42-49)48(24)16-27(51)43-23-5-4-20(15-22(23)36)35(37,38)39/h4-5,8-11,14-15,17,25-26,52H,3,6-7,12-13,16H2,1-2H3,(H,43,51)/t25-,26-/m1/s1. The maximum atomic E-state index is 14.8. The number of piperazine rings is 1. The molecule has 19 heteroatoms. The van der Waals surface area contributed by atoms with Gasteiger partial charge in [0.25, 0.3) is 11.5 Å². The van der Waals surface area contributed by atoms with Crippen molar-refractivity contribution in [3.05, 3.63) is 93.9 Å². The van der Waals surface area contributed by atoms with Crippen LogP contribution in [0.2, 0.25) is 0 Å². The number of aromatic hydroxyl groups is 1. The Morgan fingerprint density at radius 3 is 2.57 bits per heavy atom. The number of amides is 2. The number of rotatable bonds is 7. The molecule has 1 aromatic carbocycles. The fourth-order valence-corrected chi connectivity index (χ4v) is 7.24. The molecule has 15 nitrogen and oxygen atoms in total. The average Bonchev–Trinajstić information content (AvgIpc) is 3.79. The molecule has 2 N–H and O–H groups in total. The summed E-state index contributed by atoms with van der Waals surface area (Å²) in [6.45, 7) is 3.26. The molecule has 0 unspecified atom stereocenters. The van der Waals surface area contributed by atoms with Gasteiger partial charge < -0.3 is 24.8 Å². The van der Waals surface area contributed by atoms with Crippen molar-refractivity contribution in [2.45, 2.75) is 57.9 Å². The van der Waals surface area contributed by atoms with Crippen molar-refractivity contribution in [1.82, 2.24) is 43.6 Å². The topological polar surface area (TPSA) is 168 Å². The first-order chi connectivity index (χ1) is 25.8. The predicted octanol–water partition coefficient (Wildman–Crippen LogP) is 3.86. The quantitative estimate of drug-likeness (QED) is 0.229. The minimum atomic E-state index is -4.78. The molecule has 278 valence electrons. The molecule has 1 aliphatic carbocycles. The second kappa shape index (κ2) is 12.9. The van der Waals surface area contributed by atoms with Crippen LogP contribution in [-0.2, 0) is 23.9 Å². The first-order valence-corrected chi connectivity index (χ1v) is 17.0. The van der Waals surface area contributed by atoms with Crippen LogP contribution in [0.5, 0.6) is 5.75 Å². The third-order valence-electron chi connectivity index (χ3n) is 10.0. The van der Waals surface area contributed by atoms with E-state index in [1.807, 2.05) is 4.90 Å². The van der Waals surface area contributed by atoms with Gasteiger partial charge in [-0.2, -0.15) is 27.8 Å². The van der Waals surface area contributed by atoms with Crippen LogP contribution < -0.4 is 15.8 Å². The Morgan fingerprint density at radius 1 is 1.06 bits per heavy atom. The monoisotopic (exact) mass is 745 g/mol. The second-order valence-electron chi connectivity index (χ2n) is 13.1.